The van der Waals surface area contributed by atoms with Crippen LogP contribution in [-0.4, -0.2) is 58.4 Å². The van der Waals surface area contributed by atoms with E-state index in [1.54, 1.807) is 17.0 Å². The fourth-order valence-electron chi connectivity index (χ4n) is 5.87. The molecule has 0 aromatic carbocycles. The van der Waals surface area contributed by atoms with Gasteiger partial charge in [-0.1, -0.05) is 32.4 Å². The molecule has 158 valence electrons. The highest BCUT2D eigenvalue weighted by atomic mass is 35.5. The predicted molar refractivity (Wildman–Crippen MR) is 113 cm³/mol. The second-order valence-corrected chi connectivity index (χ2v) is 10.7. The van der Waals surface area contributed by atoms with Crippen molar-refractivity contribution in [3.63, 3.8) is 0 Å². The fraction of sp³-hybridized carbons (Fsp3) is 0.682. The van der Waals surface area contributed by atoms with E-state index >= 15 is 0 Å². The molecule has 4 rings (SSSR count). The van der Waals surface area contributed by atoms with Gasteiger partial charge in [-0.25, -0.2) is 9.78 Å². The maximum atomic E-state index is 13.0. The summed E-state index contributed by atoms with van der Waals surface area (Å²) in [5.74, 6) is -0.120. The topological polar surface area (TPSA) is 65.5 Å². The summed E-state index contributed by atoms with van der Waals surface area (Å²) in [6.07, 6.45) is 4.08. The third kappa shape index (κ3) is 4.09. The molecule has 3 heterocycles. The van der Waals surface area contributed by atoms with Crippen molar-refractivity contribution in [2.75, 3.05) is 19.6 Å². The number of carbonyl (C=O) groups excluding carboxylic acids is 2. The second-order valence-electron chi connectivity index (χ2n) is 10.3. The van der Waals surface area contributed by atoms with Crippen molar-refractivity contribution in [3.05, 3.63) is 28.5 Å². The highest BCUT2D eigenvalue weighted by Crippen LogP contribution is 2.52. The highest BCUT2D eigenvalue weighted by molar-refractivity contribution is 6.32. The standard InChI is InChI=1S/C22H31ClN4O2/c1-14-5-6-17(18(23)24-14)19(28)26-8-7-15(11-26)25-20(29)27-13-22(4)10-16(27)9-21(2,3)12-22/h5-6,15-16H,7-13H2,1-4H3,(H,25,29)/t15-,16?,22?/m1/s1. The number of rotatable bonds is 2. The Kier molecular flexibility index (Phi) is 5.04. The first-order valence-electron chi connectivity index (χ1n) is 10.5. The monoisotopic (exact) mass is 418 g/mol. The van der Waals surface area contributed by atoms with Crippen molar-refractivity contribution in [1.82, 2.24) is 20.1 Å². The van der Waals surface area contributed by atoms with Gasteiger partial charge in [0.05, 0.1) is 5.56 Å². The Bertz CT molecular complexity index is 842. The molecule has 2 aliphatic heterocycles. The van der Waals surface area contributed by atoms with E-state index in [0.29, 0.717) is 24.7 Å². The summed E-state index contributed by atoms with van der Waals surface area (Å²) >= 11 is 6.16. The van der Waals surface area contributed by atoms with Crippen LogP contribution in [0.3, 0.4) is 0 Å². The maximum Gasteiger partial charge on any atom is 0.317 e. The van der Waals surface area contributed by atoms with Crippen LogP contribution in [0.25, 0.3) is 0 Å². The SMILES string of the molecule is Cc1ccc(C(=O)N2CC[C@@H](NC(=O)N3CC4(C)CC3CC(C)(C)C4)C2)c(Cl)n1. The van der Waals surface area contributed by atoms with Gasteiger partial charge in [0.2, 0.25) is 0 Å². The second kappa shape index (κ2) is 7.15. The Morgan fingerprint density at radius 1 is 1.24 bits per heavy atom. The minimum Gasteiger partial charge on any atom is -0.336 e. The highest BCUT2D eigenvalue weighted by Gasteiger charge is 2.51. The van der Waals surface area contributed by atoms with E-state index in [1.165, 1.54) is 0 Å². The first-order chi connectivity index (χ1) is 13.6. The molecule has 6 nitrogen and oxygen atoms in total. The van der Waals surface area contributed by atoms with Crippen molar-refractivity contribution in [2.45, 2.75) is 65.5 Å². The fourth-order valence-corrected chi connectivity index (χ4v) is 6.15. The molecule has 1 aromatic rings. The Morgan fingerprint density at radius 3 is 2.72 bits per heavy atom. The smallest absolute Gasteiger partial charge is 0.317 e. The lowest BCUT2D eigenvalue weighted by Gasteiger charge is -2.39. The van der Waals surface area contributed by atoms with Crippen molar-refractivity contribution in [2.24, 2.45) is 10.8 Å². The van der Waals surface area contributed by atoms with Gasteiger partial charge < -0.3 is 15.1 Å². The number of hydrogen-bond donors (Lipinski definition) is 1. The van der Waals surface area contributed by atoms with E-state index in [0.717, 1.165) is 37.9 Å². The Morgan fingerprint density at radius 2 is 2.00 bits per heavy atom. The van der Waals surface area contributed by atoms with Crippen molar-refractivity contribution in [1.29, 1.82) is 0 Å². The molecule has 2 unspecified atom stereocenters. The third-order valence-corrected chi connectivity index (χ3v) is 6.99. The van der Waals surface area contributed by atoms with Crippen LogP contribution in [0.2, 0.25) is 5.15 Å². The average molecular weight is 419 g/mol. The number of amides is 3. The maximum absolute atomic E-state index is 13.0. The number of urea groups is 1. The Hall–Kier alpha value is -1.82. The molecule has 1 saturated carbocycles. The molecule has 0 radical (unpaired) electrons. The molecule has 3 amide bonds. The van der Waals surface area contributed by atoms with Gasteiger partial charge in [-0.2, -0.15) is 0 Å². The van der Waals surface area contributed by atoms with Crippen LogP contribution >= 0.6 is 11.6 Å². The summed E-state index contributed by atoms with van der Waals surface area (Å²) in [6.45, 7) is 10.7. The molecule has 1 aliphatic carbocycles. The van der Waals surface area contributed by atoms with E-state index in [9.17, 15) is 9.59 Å². The molecule has 2 bridgehead atoms. The van der Waals surface area contributed by atoms with Crippen LogP contribution < -0.4 is 5.32 Å². The quantitative estimate of drug-likeness (QED) is 0.741. The van der Waals surface area contributed by atoms with Gasteiger partial charge in [-0.05, 0) is 55.6 Å². The largest absolute Gasteiger partial charge is 0.336 e. The summed E-state index contributed by atoms with van der Waals surface area (Å²) in [4.78, 5) is 33.8. The van der Waals surface area contributed by atoms with Crippen molar-refractivity contribution in [3.8, 4) is 0 Å². The van der Waals surface area contributed by atoms with Crippen LogP contribution in [0.4, 0.5) is 4.79 Å². The molecular formula is C22H31ClN4O2. The van der Waals surface area contributed by atoms with Gasteiger partial charge >= 0.3 is 6.03 Å². The summed E-state index contributed by atoms with van der Waals surface area (Å²) in [7, 11) is 0. The number of pyridine rings is 1. The van der Waals surface area contributed by atoms with E-state index < -0.39 is 0 Å². The van der Waals surface area contributed by atoms with E-state index in [2.05, 4.69) is 31.1 Å². The normalized spacial score (nSPS) is 30.5. The lowest BCUT2D eigenvalue weighted by atomic mass is 9.65. The van der Waals surface area contributed by atoms with Crippen molar-refractivity contribution >= 4 is 23.5 Å². The van der Waals surface area contributed by atoms with Crippen molar-refractivity contribution < 1.29 is 9.59 Å². The number of nitrogens with zero attached hydrogens (tertiary/aromatic N) is 3. The lowest BCUT2D eigenvalue weighted by Crippen LogP contribution is -2.48. The molecule has 1 N–H and O–H groups in total. The molecule has 3 atom stereocenters. The number of fused-ring (bicyclic) bond motifs is 2. The molecule has 3 fully saturated rings. The van der Waals surface area contributed by atoms with Crippen LogP contribution in [-0.2, 0) is 0 Å². The minimum atomic E-state index is -0.120. The van der Waals surface area contributed by atoms with Gasteiger partial charge in [0.25, 0.3) is 5.91 Å². The molecule has 29 heavy (non-hydrogen) atoms. The van der Waals surface area contributed by atoms with Crippen LogP contribution in [0.1, 0.15) is 62.5 Å². The number of carbonyl (C=O) groups is 2. The van der Waals surface area contributed by atoms with Gasteiger partial charge in [0, 0.05) is 37.4 Å². The number of hydrogen-bond acceptors (Lipinski definition) is 3. The third-order valence-electron chi connectivity index (χ3n) is 6.70. The molecule has 7 heteroatoms. The first kappa shape index (κ1) is 20.5. The molecule has 1 aromatic heterocycles. The average Bonchev–Trinajstić information content (AvgIpc) is 3.15. The predicted octanol–water partition coefficient (Wildman–Crippen LogP) is 3.87. The van der Waals surface area contributed by atoms with E-state index in [1.807, 2.05) is 11.8 Å². The lowest BCUT2D eigenvalue weighted by molar-refractivity contribution is 0.0788. The van der Waals surface area contributed by atoms with Gasteiger partial charge in [-0.3, -0.25) is 4.79 Å². The number of likely N-dealkylation sites (tertiary alicyclic amines) is 2. The van der Waals surface area contributed by atoms with Gasteiger partial charge in [-0.15, -0.1) is 0 Å². The summed E-state index contributed by atoms with van der Waals surface area (Å²) < 4.78 is 0. The van der Waals surface area contributed by atoms with E-state index in [-0.39, 0.29) is 34.0 Å². The van der Waals surface area contributed by atoms with Gasteiger partial charge in [0.15, 0.2) is 0 Å². The summed E-state index contributed by atoms with van der Waals surface area (Å²) in [6, 6.07) is 3.84. The number of nitrogens with one attached hydrogen (secondary N) is 1. The zero-order valence-electron chi connectivity index (χ0n) is 17.8. The Balaban J connectivity index is 1.37. The summed E-state index contributed by atoms with van der Waals surface area (Å²) in [5, 5.41) is 3.42. The van der Waals surface area contributed by atoms with Crippen LogP contribution in [0.15, 0.2) is 12.1 Å². The van der Waals surface area contributed by atoms with Crippen LogP contribution in [0, 0.1) is 17.8 Å². The van der Waals surface area contributed by atoms with Crippen LogP contribution in [0.5, 0.6) is 0 Å². The molecule has 2 saturated heterocycles. The van der Waals surface area contributed by atoms with Gasteiger partial charge in [0.1, 0.15) is 5.15 Å². The van der Waals surface area contributed by atoms with E-state index in [4.69, 9.17) is 11.6 Å². The number of halogens is 1. The number of aromatic nitrogens is 1. The zero-order valence-corrected chi connectivity index (χ0v) is 18.6. The summed E-state index contributed by atoms with van der Waals surface area (Å²) in [5.41, 5.74) is 1.71. The molecular weight excluding hydrogens is 388 g/mol. The minimum absolute atomic E-state index is 0.0192. The first-order valence-corrected chi connectivity index (χ1v) is 10.9. The zero-order chi connectivity index (χ0) is 21.0. The molecule has 3 aliphatic rings. The Labute approximate surface area is 178 Å². The molecule has 0 spiro atoms. The number of aryl methyl sites for hydroxylation is 1.